The quantitative estimate of drug-likeness (QED) is 0.832. The van der Waals surface area contributed by atoms with Crippen molar-refractivity contribution in [2.24, 2.45) is 16.1 Å². The van der Waals surface area contributed by atoms with Crippen LogP contribution in [0.2, 0.25) is 0 Å². The van der Waals surface area contributed by atoms with Crippen LogP contribution in [0, 0.1) is 5.41 Å². The fraction of sp³-hybridized carbons (Fsp3) is 0.429. The third-order valence-electron chi connectivity index (χ3n) is 5.30. The van der Waals surface area contributed by atoms with Gasteiger partial charge in [-0.1, -0.05) is 38.1 Å². The van der Waals surface area contributed by atoms with Crippen molar-refractivity contribution < 1.29 is 19.5 Å². The fourth-order valence-electron chi connectivity index (χ4n) is 3.82. The molecule has 2 aliphatic carbocycles. The van der Waals surface area contributed by atoms with Gasteiger partial charge in [-0.3, -0.25) is 14.6 Å². The Morgan fingerprint density at radius 1 is 1.22 bits per heavy atom. The van der Waals surface area contributed by atoms with Gasteiger partial charge in [0.25, 0.3) is 0 Å². The van der Waals surface area contributed by atoms with Crippen molar-refractivity contribution in [3.05, 3.63) is 41.0 Å². The molecule has 1 amide bonds. The number of fused-ring (bicyclic) bond motifs is 2. The topological polar surface area (TPSA) is 110 Å². The van der Waals surface area contributed by atoms with Crippen molar-refractivity contribution in [3.63, 3.8) is 0 Å². The van der Waals surface area contributed by atoms with E-state index in [-0.39, 0.29) is 29.8 Å². The number of primary amides is 1. The number of aliphatic carboxylic acids is 1. The Bertz CT molecular complexity index is 880. The van der Waals surface area contributed by atoms with E-state index in [4.69, 9.17) is 5.73 Å². The number of hydrogen-bond acceptors (Lipinski definition) is 4. The average molecular weight is 368 g/mol. The van der Waals surface area contributed by atoms with E-state index in [1.54, 1.807) is 0 Å². The summed E-state index contributed by atoms with van der Waals surface area (Å²) < 4.78 is 0. The molecule has 0 heterocycles. The van der Waals surface area contributed by atoms with Crippen LogP contribution in [0.3, 0.4) is 0 Å². The van der Waals surface area contributed by atoms with E-state index in [2.05, 4.69) is 18.8 Å². The smallest absolute Gasteiger partial charge is 0.328 e. The van der Waals surface area contributed by atoms with Gasteiger partial charge in [0.15, 0.2) is 0 Å². The number of Topliss-reactive ketones (excluding diaryl/α,β-unsaturated/α-hetero) is 1. The molecular formula is C21H24N2O4. The Hall–Kier alpha value is -2.76. The molecule has 6 heteroatoms. The predicted octanol–water partition coefficient (Wildman–Crippen LogP) is 2.74. The first-order valence-corrected chi connectivity index (χ1v) is 9.15. The third-order valence-corrected chi connectivity index (χ3v) is 5.30. The first kappa shape index (κ1) is 19.0. The van der Waals surface area contributed by atoms with E-state index in [1.165, 1.54) is 0 Å². The molecule has 0 saturated heterocycles. The molecule has 142 valence electrons. The molecule has 3 rings (SSSR count). The average Bonchev–Trinajstić information content (AvgIpc) is 2.59. The number of carboxylic acids is 1. The van der Waals surface area contributed by atoms with Crippen LogP contribution in [-0.2, 0) is 14.4 Å². The molecule has 27 heavy (non-hydrogen) atoms. The van der Waals surface area contributed by atoms with Gasteiger partial charge in [0.2, 0.25) is 11.7 Å². The zero-order chi connectivity index (χ0) is 19.8. The van der Waals surface area contributed by atoms with E-state index in [0.717, 1.165) is 29.6 Å². The van der Waals surface area contributed by atoms with Crippen molar-refractivity contribution in [2.75, 3.05) is 0 Å². The number of allylic oxidation sites excluding steroid dienone is 2. The van der Waals surface area contributed by atoms with Crippen LogP contribution in [-0.4, -0.2) is 34.5 Å². The first-order valence-electron chi connectivity index (χ1n) is 9.15. The molecule has 1 atom stereocenters. The lowest BCUT2D eigenvalue weighted by Gasteiger charge is -2.36. The highest BCUT2D eigenvalue weighted by molar-refractivity contribution is 6.54. The zero-order valence-electron chi connectivity index (χ0n) is 15.6. The largest absolute Gasteiger partial charge is 0.480 e. The SMILES string of the molecule is CC1(C)CCC2=C(C1)c1ccccc1/C(=N/C(CCC(N)=O)C(=O)O)C2=O. The predicted molar refractivity (Wildman–Crippen MR) is 102 cm³/mol. The molecular weight excluding hydrogens is 344 g/mol. The van der Waals surface area contributed by atoms with Crippen LogP contribution in [0.1, 0.15) is 57.1 Å². The lowest BCUT2D eigenvalue weighted by Crippen LogP contribution is -2.32. The number of benzene rings is 1. The maximum Gasteiger partial charge on any atom is 0.328 e. The van der Waals surface area contributed by atoms with Crippen molar-refractivity contribution in [2.45, 2.75) is 52.0 Å². The number of carbonyl (C=O) groups is 3. The molecule has 0 radical (unpaired) electrons. The number of rotatable bonds is 5. The van der Waals surface area contributed by atoms with Crippen molar-refractivity contribution >= 4 is 28.9 Å². The van der Waals surface area contributed by atoms with Crippen LogP contribution < -0.4 is 5.73 Å². The molecule has 0 bridgehead atoms. The van der Waals surface area contributed by atoms with E-state index < -0.39 is 17.9 Å². The summed E-state index contributed by atoms with van der Waals surface area (Å²) in [5.74, 6) is -1.94. The molecule has 2 aliphatic rings. The molecule has 0 spiro atoms. The summed E-state index contributed by atoms with van der Waals surface area (Å²) in [6.45, 7) is 4.38. The molecule has 0 fully saturated rings. The number of hydrogen-bond donors (Lipinski definition) is 2. The van der Waals surface area contributed by atoms with Gasteiger partial charge in [-0.25, -0.2) is 4.79 Å². The van der Waals surface area contributed by atoms with Crippen molar-refractivity contribution in [1.82, 2.24) is 0 Å². The van der Waals surface area contributed by atoms with Gasteiger partial charge in [-0.05, 0) is 42.2 Å². The molecule has 0 aromatic heterocycles. The van der Waals surface area contributed by atoms with Gasteiger partial charge < -0.3 is 10.8 Å². The van der Waals surface area contributed by atoms with Crippen LogP contribution in [0.25, 0.3) is 5.57 Å². The second-order valence-corrected chi connectivity index (χ2v) is 8.01. The molecule has 6 nitrogen and oxygen atoms in total. The standard InChI is InChI=1S/C21H24N2O4/c1-21(2)10-9-14-15(11-21)12-5-3-4-6-13(12)18(19(14)25)23-16(20(26)27)7-8-17(22)24/h3-6,16H,7-11H2,1-2H3,(H2,22,24)(H,26,27)/b23-18-. The van der Waals surface area contributed by atoms with Gasteiger partial charge in [0.05, 0.1) is 0 Å². The Labute approximate surface area is 158 Å². The van der Waals surface area contributed by atoms with Crippen LogP contribution >= 0.6 is 0 Å². The third kappa shape index (κ3) is 3.84. The minimum Gasteiger partial charge on any atom is -0.480 e. The van der Waals surface area contributed by atoms with Crippen molar-refractivity contribution in [1.29, 1.82) is 0 Å². The number of nitrogens with zero attached hydrogens (tertiary/aromatic N) is 1. The van der Waals surface area contributed by atoms with Gasteiger partial charge >= 0.3 is 5.97 Å². The molecule has 1 aromatic carbocycles. The summed E-state index contributed by atoms with van der Waals surface area (Å²) >= 11 is 0. The van der Waals surface area contributed by atoms with Gasteiger partial charge in [-0.15, -0.1) is 0 Å². The van der Waals surface area contributed by atoms with Crippen LogP contribution in [0.4, 0.5) is 0 Å². The summed E-state index contributed by atoms with van der Waals surface area (Å²) in [4.78, 5) is 40.1. The van der Waals surface area contributed by atoms with Crippen LogP contribution in [0.15, 0.2) is 34.8 Å². The van der Waals surface area contributed by atoms with Crippen LogP contribution in [0.5, 0.6) is 0 Å². The Balaban J connectivity index is 2.08. The van der Waals surface area contributed by atoms with E-state index >= 15 is 0 Å². The lowest BCUT2D eigenvalue weighted by atomic mass is 9.68. The number of nitrogens with two attached hydrogens (primary N) is 1. The second-order valence-electron chi connectivity index (χ2n) is 8.01. The Kier molecular flexibility index (Phi) is 5.00. The van der Waals surface area contributed by atoms with E-state index in [1.807, 2.05) is 24.3 Å². The van der Waals surface area contributed by atoms with Gasteiger partial charge in [0, 0.05) is 17.6 Å². The monoisotopic (exact) mass is 368 g/mol. The molecule has 0 aliphatic heterocycles. The summed E-state index contributed by atoms with van der Waals surface area (Å²) in [5, 5.41) is 9.47. The molecule has 1 aromatic rings. The molecule has 1 unspecified atom stereocenters. The summed E-state index contributed by atoms with van der Waals surface area (Å²) in [5.41, 5.74) is 8.85. The highest BCUT2D eigenvalue weighted by Crippen LogP contribution is 2.46. The summed E-state index contributed by atoms with van der Waals surface area (Å²) in [6, 6.07) is 6.34. The lowest BCUT2D eigenvalue weighted by molar-refractivity contribution is -0.138. The second kappa shape index (κ2) is 7.10. The Morgan fingerprint density at radius 2 is 1.89 bits per heavy atom. The number of carbonyl (C=O) groups excluding carboxylic acids is 2. The summed E-state index contributed by atoms with van der Waals surface area (Å²) in [6.07, 6.45) is 2.25. The minimum atomic E-state index is -1.17. The highest BCUT2D eigenvalue weighted by atomic mass is 16.4. The number of aliphatic imine (C=N–C) groups is 1. The van der Waals surface area contributed by atoms with Gasteiger partial charge in [0.1, 0.15) is 11.8 Å². The normalized spacial score (nSPS) is 20.8. The first-order chi connectivity index (χ1) is 12.7. The van der Waals surface area contributed by atoms with Crippen molar-refractivity contribution in [3.8, 4) is 0 Å². The van der Waals surface area contributed by atoms with Gasteiger partial charge in [-0.2, -0.15) is 0 Å². The summed E-state index contributed by atoms with van der Waals surface area (Å²) in [7, 11) is 0. The maximum atomic E-state index is 13.2. The Morgan fingerprint density at radius 3 is 2.52 bits per heavy atom. The van der Waals surface area contributed by atoms with E-state index in [9.17, 15) is 19.5 Å². The molecule has 0 saturated carbocycles. The molecule has 3 N–H and O–H groups in total. The fourth-order valence-corrected chi connectivity index (χ4v) is 3.82. The zero-order valence-corrected chi connectivity index (χ0v) is 15.6. The number of amides is 1. The highest BCUT2D eigenvalue weighted by Gasteiger charge is 2.37. The minimum absolute atomic E-state index is 0.0252. The number of carboxylic acid groups (broad SMARTS) is 1. The number of ketones is 1. The van der Waals surface area contributed by atoms with E-state index in [0.29, 0.717) is 12.0 Å². The maximum absolute atomic E-state index is 13.2.